The smallest absolute Gasteiger partial charge is 0.292 e. The molecule has 0 atom stereocenters. The van der Waals surface area contributed by atoms with Crippen molar-refractivity contribution in [2.45, 2.75) is 5.03 Å². The van der Waals surface area contributed by atoms with Crippen LogP contribution in [0, 0.1) is 0 Å². The zero-order valence-electron chi connectivity index (χ0n) is 15.7. The molecule has 0 aliphatic carbocycles. The van der Waals surface area contributed by atoms with Crippen molar-refractivity contribution in [3.8, 4) is 11.5 Å². The molecule has 3 aromatic rings. The number of rotatable bonds is 8. The fourth-order valence-corrected chi connectivity index (χ4v) is 2.91. The van der Waals surface area contributed by atoms with Crippen LogP contribution in [0.15, 0.2) is 58.2 Å². The number of amides is 2. The van der Waals surface area contributed by atoms with Gasteiger partial charge < -0.3 is 24.5 Å². The number of nitrogens with one attached hydrogen (secondary N) is 2. The fourth-order valence-electron chi connectivity index (χ4n) is 2.30. The highest BCUT2D eigenvalue weighted by molar-refractivity contribution is 7.99. The van der Waals surface area contributed by atoms with Gasteiger partial charge in [0.25, 0.3) is 5.91 Å². The Labute approximate surface area is 170 Å². The average molecular weight is 414 g/mol. The number of benzene rings is 1. The van der Waals surface area contributed by atoms with Crippen molar-refractivity contribution in [2.24, 2.45) is 0 Å². The third-order valence-corrected chi connectivity index (χ3v) is 4.57. The van der Waals surface area contributed by atoms with E-state index in [0.29, 0.717) is 22.2 Å². The summed E-state index contributed by atoms with van der Waals surface area (Å²) in [6.07, 6.45) is 1.41. The van der Waals surface area contributed by atoms with E-state index in [9.17, 15) is 9.59 Å². The molecule has 0 bridgehead atoms. The second-order valence-corrected chi connectivity index (χ2v) is 6.59. The van der Waals surface area contributed by atoms with Gasteiger partial charge in [0.2, 0.25) is 5.91 Å². The Morgan fingerprint density at radius 2 is 1.86 bits per heavy atom. The molecule has 0 fully saturated rings. The minimum atomic E-state index is -0.418. The molecule has 0 saturated heterocycles. The first kappa shape index (κ1) is 20.2. The Morgan fingerprint density at radius 3 is 2.52 bits per heavy atom. The highest BCUT2D eigenvalue weighted by atomic mass is 32.2. The van der Waals surface area contributed by atoms with Gasteiger partial charge in [-0.15, -0.1) is 10.2 Å². The third kappa shape index (κ3) is 5.48. The van der Waals surface area contributed by atoms with Crippen molar-refractivity contribution in [1.29, 1.82) is 0 Å². The first-order valence-electron chi connectivity index (χ1n) is 8.42. The van der Waals surface area contributed by atoms with E-state index in [-0.39, 0.29) is 23.2 Å². The Hall–Kier alpha value is -3.53. The molecule has 9 nitrogen and oxygen atoms in total. The molecule has 2 heterocycles. The van der Waals surface area contributed by atoms with E-state index in [0.717, 1.165) is 0 Å². The van der Waals surface area contributed by atoms with E-state index < -0.39 is 5.91 Å². The Bertz CT molecular complexity index is 977. The van der Waals surface area contributed by atoms with E-state index in [2.05, 4.69) is 20.8 Å². The molecule has 150 valence electrons. The van der Waals surface area contributed by atoms with E-state index in [4.69, 9.17) is 13.9 Å². The van der Waals surface area contributed by atoms with Crippen LogP contribution in [0.4, 0.5) is 11.5 Å². The number of hydrogen-bond donors (Lipinski definition) is 2. The SMILES string of the molecule is COc1ccc(NC(=O)CSc2ccc(NC(=O)c3ccco3)nn2)cc1OC. The van der Waals surface area contributed by atoms with Crippen LogP contribution in [0.5, 0.6) is 11.5 Å². The minimum Gasteiger partial charge on any atom is -0.493 e. The van der Waals surface area contributed by atoms with Gasteiger partial charge in [0, 0.05) is 11.8 Å². The van der Waals surface area contributed by atoms with Gasteiger partial charge in [0.1, 0.15) is 5.03 Å². The summed E-state index contributed by atoms with van der Waals surface area (Å²) in [6, 6.07) is 11.5. The number of carbonyl (C=O) groups is 2. The Kier molecular flexibility index (Phi) is 6.69. The largest absolute Gasteiger partial charge is 0.493 e. The maximum Gasteiger partial charge on any atom is 0.292 e. The number of thioether (sulfide) groups is 1. The molecule has 1 aromatic carbocycles. The van der Waals surface area contributed by atoms with Crippen LogP contribution in [0.1, 0.15) is 10.6 Å². The minimum absolute atomic E-state index is 0.140. The van der Waals surface area contributed by atoms with Gasteiger partial charge in [-0.05, 0) is 36.4 Å². The maximum absolute atomic E-state index is 12.2. The van der Waals surface area contributed by atoms with Crippen LogP contribution in [0.3, 0.4) is 0 Å². The summed E-state index contributed by atoms with van der Waals surface area (Å²) in [5, 5.41) is 13.8. The van der Waals surface area contributed by atoms with Gasteiger partial charge in [0.05, 0.1) is 26.2 Å². The lowest BCUT2D eigenvalue weighted by atomic mass is 10.2. The first-order valence-corrected chi connectivity index (χ1v) is 9.41. The number of furan rings is 1. The van der Waals surface area contributed by atoms with E-state index >= 15 is 0 Å². The summed E-state index contributed by atoms with van der Waals surface area (Å²) < 4.78 is 15.4. The molecule has 2 aromatic heterocycles. The number of aromatic nitrogens is 2. The van der Waals surface area contributed by atoms with Gasteiger partial charge in [-0.25, -0.2) is 0 Å². The molecule has 29 heavy (non-hydrogen) atoms. The summed E-state index contributed by atoms with van der Waals surface area (Å²) in [6.45, 7) is 0. The molecule has 2 N–H and O–H groups in total. The zero-order chi connectivity index (χ0) is 20.6. The number of methoxy groups -OCH3 is 2. The molecule has 0 spiro atoms. The molecule has 0 unspecified atom stereocenters. The Morgan fingerprint density at radius 1 is 1.03 bits per heavy atom. The topological polar surface area (TPSA) is 116 Å². The molecule has 2 amide bonds. The van der Waals surface area contributed by atoms with Crippen molar-refractivity contribution in [1.82, 2.24) is 10.2 Å². The van der Waals surface area contributed by atoms with Crippen molar-refractivity contribution >= 4 is 35.1 Å². The summed E-state index contributed by atoms with van der Waals surface area (Å²) in [5.41, 5.74) is 0.593. The lowest BCUT2D eigenvalue weighted by molar-refractivity contribution is -0.113. The molecule has 0 radical (unpaired) electrons. The predicted molar refractivity (Wildman–Crippen MR) is 108 cm³/mol. The average Bonchev–Trinajstić information content (AvgIpc) is 3.28. The molecule has 10 heteroatoms. The number of ether oxygens (including phenoxy) is 2. The second kappa shape index (κ2) is 9.60. The standard InChI is InChI=1S/C19H18N4O5S/c1-26-13-6-5-12(10-15(13)27-2)20-17(24)11-29-18-8-7-16(22-23-18)21-19(25)14-4-3-9-28-14/h3-10H,11H2,1-2H3,(H,20,24)(H,21,22,25). The van der Waals surface area contributed by atoms with Crippen molar-refractivity contribution in [3.05, 3.63) is 54.5 Å². The van der Waals surface area contributed by atoms with Crippen LogP contribution in [-0.2, 0) is 4.79 Å². The maximum atomic E-state index is 12.2. The monoisotopic (exact) mass is 414 g/mol. The molecule has 0 aliphatic heterocycles. The molecule has 3 rings (SSSR count). The number of anilines is 2. The van der Waals surface area contributed by atoms with Crippen molar-refractivity contribution in [3.63, 3.8) is 0 Å². The van der Waals surface area contributed by atoms with Crippen LogP contribution in [0.25, 0.3) is 0 Å². The van der Waals surface area contributed by atoms with E-state index in [1.165, 1.54) is 25.1 Å². The normalized spacial score (nSPS) is 10.3. The number of nitrogens with zero attached hydrogens (tertiary/aromatic N) is 2. The highest BCUT2D eigenvalue weighted by Gasteiger charge is 2.11. The summed E-state index contributed by atoms with van der Waals surface area (Å²) >= 11 is 1.22. The molecular formula is C19H18N4O5S. The van der Waals surface area contributed by atoms with Gasteiger partial charge in [0.15, 0.2) is 23.1 Å². The van der Waals surface area contributed by atoms with Crippen LogP contribution in [0.2, 0.25) is 0 Å². The van der Waals surface area contributed by atoms with Crippen LogP contribution >= 0.6 is 11.8 Å². The summed E-state index contributed by atoms with van der Waals surface area (Å²) in [5.74, 6) is 1.08. The lowest BCUT2D eigenvalue weighted by Crippen LogP contribution is -2.14. The summed E-state index contributed by atoms with van der Waals surface area (Å²) in [4.78, 5) is 24.1. The zero-order valence-corrected chi connectivity index (χ0v) is 16.5. The Balaban J connectivity index is 1.50. The van der Waals surface area contributed by atoms with Gasteiger partial charge >= 0.3 is 0 Å². The van der Waals surface area contributed by atoms with Crippen molar-refractivity contribution in [2.75, 3.05) is 30.6 Å². The van der Waals surface area contributed by atoms with Crippen molar-refractivity contribution < 1.29 is 23.5 Å². The molecule has 0 saturated carbocycles. The highest BCUT2D eigenvalue weighted by Crippen LogP contribution is 2.29. The van der Waals surface area contributed by atoms with Gasteiger partial charge in [-0.1, -0.05) is 11.8 Å². The van der Waals surface area contributed by atoms with E-state index in [1.807, 2.05) is 0 Å². The molecular weight excluding hydrogens is 396 g/mol. The lowest BCUT2D eigenvalue weighted by Gasteiger charge is -2.10. The second-order valence-electron chi connectivity index (χ2n) is 5.59. The predicted octanol–water partition coefficient (Wildman–Crippen LogP) is 3.07. The van der Waals surface area contributed by atoms with Gasteiger partial charge in [-0.3, -0.25) is 9.59 Å². The third-order valence-electron chi connectivity index (χ3n) is 3.65. The first-order chi connectivity index (χ1) is 14.1. The number of hydrogen-bond acceptors (Lipinski definition) is 8. The fraction of sp³-hybridized carbons (Fsp3) is 0.158. The molecule has 0 aliphatic rings. The quantitative estimate of drug-likeness (QED) is 0.540. The van der Waals surface area contributed by atoms with Crippen LogP contribution in [-0.4, -0.2) is 42.0 Å². The van der Waals surface area contributed by atoms with Crippen LogP contribution < -0.4 is 20.1 Å². The van der Waals surface area contributed by atoms with Gasteiger partial charge in [-0.2, -0.15) is 0 Å². The van der Waals surface area contributed by atoms with E-state index in [1.54, 1.807) is 49.6 Å². The summed E-state index contributed by atoms with van der Waals surface area (Å²) in [7, 11) is 3.07. The number of carbonyl (C=O) groups excluding carboxylic acids is 2.